The summed E-state index contributed by atoms with van der Waals surface area (Å²) in [6, 6.07) is 11.5. The average Bonchev–Trinajstić information content (AvgIpc) is 3.38. The van der Waals surface area contributed by atoms with E-state index in [0.29, 0.717) is 23.9 Å². The smallest absolute Gasteiger partial charge is 0.266 e. The molecule has 2 aromatic heterocycles. The summed E-state index contributed by atoms with van der Waals surface area (Å²) in [5.74, 6) is 3.07. The number of hydrogen-bond acceptors (Lipinski definition) is 5. The molecule has 0 N–H and O–H groups in total. The molecule has 1 atom stereocenters. The minimum absolute atomic E-state index is 0.104. The van der Waals surface area contributed by atoms with Crippen LogP contribution in [0.2, 0.25) is 0 Å². The first kappa shape index (κ1) is 15.7. The summed E-state index contributed by atoms with van der Waals surface area (Å²) in [6.07, 6.45) is 2.80. The Hall–Kier alpha value is -2.54. The normalized spacial score (nSPS) is 19.1. The highest BCUT2D eigenvalue weighted by Crippen LogP contribution is 2.30. The van der Waals surface area contributed by atoms with Crippen molar-refractivity contribution in [3.8, 4) is 5.88 Å². The van der Waals surface area contributed by atoms with Gasteiger partial charge in [-0.1, -0.05) is 12.1 Å². The number of anilines is 1. The maximum absolute atomic E-state index is 13.2. The number of carbonyl (C=O) groups is 1. The lowest BCUT2D eigenvalue weighted by Gasteiger charge is -2.18. The maximum atomic E-state index is 13.2. The van der Waals surface area contributed by atoms with Crippen molar-refractivity contribution in [1.29, 1.82) is 0 Å². The molecule has 0 saturated carbocycles. The van der Waals surface area contributed by atoms with Crippen molar-refractivity contribution in [2.75, 3.05) is 23.0 Å². The van der Waals surface area contributed by atoms with Crippen molar-refractivity contribution >= 4 is 34.7 Å². The Kier molecular flexibility index (Phi) is 3.81. The van der Waals surface area contributed by atoms with Gasteiger partial charge in [-0.3, -0.25) is 9.69 Å². The first-order valence-electron chi connectivity index (χ1n) is 8.78. The van der Waals surface area contributed by atoms with Crippen LogP contribution in [0.25, 0.3) is 11.0 Å². The molecule has 0 unspecified atom stereocenters. The van der Waals surface area contributed by atoms with Crippen LogP contribution < -0.4 is 9.64 Å². The topological polar surface area (TPSA) is 60.2 Å². The molecule has 1 saturated heterocycles. The predicted octanol–water partition coefficient (Wildman–Crippen LogP) is 2.98. The van der Waals surface area contributed by atoms with Gasteiger partial charge >= 0.3 is 0 Å². The number of rotatable bonds is 3. The van der Waals surface area contributed by atoms with Crippen molar-refractivity contribution in [3.63, 3.8) is 0 Å². The van der Waals surface area contributed by atoms with Gasteiger partial charge in [0.15, 0.2) is 0 Å². The SMILES string of the molecule is O=C(c1cccnc1O[C@H]1CCSC1)N1CCn2c1nc1ccccc12. The molecule has 3 aromatic rings. The second-order valence-electron chi connectivity index (χ2n) is 6.47. The van der Waals surface area contributed by atoms with Crippen LogP contribution in [0.5, 0.6) is 5.88 Å². The van der Waals surface area contributed by atoms with E-state index >= 15 is 0 Å². The van der Waals surface area contributed by atoms with E-state index in [4.69, 9.17) is 4.74 Å². The Morgan fingerprint density at radius 1 is 1.19 bits per heavy atom. The van der Waals surface area contributed by atoms with Crippen LogP contribution in [0.3, 0.4) is 0 Å². The van der Waals surface area contributed by atoms with Gasteiger partial charge in [0.1, 0.15) is 11.7 Å². The van der Waals surface area contributed by atoms with Crippen molar-refractivity contribution in [3.05, 3.63) is 48.2 Å². The zero-order chi connectivity index (χ0) is 17.5. The van der Waals surface area contributed by atoms with E-state index in [0.717, 1.165) is 35.5 Å². The Morgan fingerprint density at radius 3 is 3.00 bits per heavy atom. The standard InChI is InChI=1S/C19H18N4O2S/c24-18(14-4-3-8-20-17(14)25-13-7-11-26-12-13)23-10-9-22-16-6-2-1-5-15(16)21-19(22)23/h1-6,8,13H,7,9-12H2/t13-/m0/s1. The Morgan fingerprint density at radius 2 is 2.12 bits per heavy atom. The van der Waals surface area contributed by atoms with E-state index in [-0.39, 0.29) is 12.0 Å². The molecule has 132 valence electrons. The fraction of sp³-hybridized carbons (Fsp3) is 0.316. The number of para-hydroxylation sites is 2. The largest absolute Gasteiger partial charge is 0.473 e. The average molecular weight is 366 g/mol. The van der Waals surface area contributed by atoms with Gasteiger partial charge in [0.25, 0.3) is 5.91 Å². The fourth-order valence-corrected chi connectivity index (χ4v) is 4.63. The van der Waals surface area contributed by atoms with Crippen LogP contribution in [0, 0.1) is 0 Å². The van der Waals surface area contributed by atoms with Crippen LogP contribution >= 0.6 is 11.8 Å². The first-order valence-corrected chi connectivity index (χ1v) is 9.93. The van der Waals surface area contributed by atoms with E-state index in [9.17, 15) is 4.79 Å². The van der Waals surface area contributed by atoms with Gasteiger partial charge in [-0.2, -0.15) is 11.8 Å². The molecule has 0 aliphatic carbocycles. The number of pyridine rings is 1. The third-order valence-electron chi connectivity index (χ3n) is 4.84. The molecule has 2 aliphatic heterocycles. The minimum atomic E-state index is -0.104. The number of ether oxygens (including phenoxy) is 1. The number of benzene rings is 1. The predicted molar refractivity (Wildman–Crippen MR) is 102 cm³/mol. The molecule has 5 rings (SSSR count). The molecular formula is C19H18N4O2S. The summed E-state index contributed by atoms with van der Waals surface area (Å²) in [5.41, 5.74) is 2.47. The highest BCUT2D eigenvalue weighted by Gasteiger charge is 2.31. The summed E-state index contributed by atoms with van der Waals surface area (Å²) in [6.45, 7) is 1.36. The third kappa shape index (κ3) is 2.54. The summed E-state index contributed by atoms with van der Waals surface area (Å²) >= 11 is 1.87. The van der Waals surface area contributed by atoms with E-state index in [2.05, 4.69) is 14.5 Å². The van der Waals surface area contributed by atoms with Gasteiger partial charge < -0.3 is 9.30 Å². The zero-order valence-corrected chi connectivity index (χ0v) is 15.0. The molecule has 1 amide bonds. The van der Waals surface area contributed by atoms with Crippen molar-refractivity contribution in [2.45, 2.75) is 19.1 Å². The molecule has 6 nitrogen and oxygen atoms in total. The molecule has 2 aliphatic rings. The van der Waals surface area contributed by atoms with Crippen LogP contribution in [-0.4, -0.2) is 44.6 Å². The molecule has 7 heteroatoms. The van der Waals surface area contributed by atoms with Crippen LogP contribution in [0.1, 0.15) is 16.8 Å². The summed E-state index contributed by atoms with van der Waals surface area (Å²) in [5, 5.41) is 0. The molecule has 0 bridgehead atoms. The lowest BCUT2D eigenvalue weighted by atomic mass is 10.2. The molecule has 1 aromatic carbocycles. The van der Waals surface area contributed by atoms with Gasteiger partial charge in [-0.25, -0.2) is 9.97 Å². The second kappa shape index (κ2) is 6.32. The molecule has 0 spiro atoms. The second-order valence-corrected chi connectivity index (χ2v) is 7.62. The molecule has 1 fully saturated rings. The summed E-state index contributed by atoms with van der Waals surface area (Å²) in [7, 11) is 0. The Labute approximate surface area is 155 Å². The first-order chi connectivity index (χ1) is 12.8. The van der Waals surface area contributed by atoms with Gasteiger partial charge in [-0.15, -0.1) is 0 Å². The van der Waals surface area contributed by atoms with Crippen molar-refractivity contribution in [1.82, 2.24) is 14.5 Å². The number of aromatic nitrogens is 3. The highest BCUT2D eigenvalue weighted by molar-refractivity contribution is 7.99. The van der Waals surface area contributed by atoms with E-state index in [1.165, 1.54) is 0 Å². The Bertz CT molecular complexity index is 981. The highest BCUT2D eigenvalue weighted by atomic mass is 32.2. The molecule has 0 radical (unpaired) electrons. The van der Waals surface area contributed by atoms with Crippen molar-refractivity contribution in [2.24, 2.45) is 0 Å². The van der Waals surface area contributed by atoms with Crippen LogP contribution in [0.4, 0.5) is 5.95 Å². The number of imidazole rings is 1. The molecule has 26 heavy (non-hydrogen) atoms. The quantitative estimate of drug-likeness (QED) is 0.713. The lowest BCUT2D eigenvalue weighted by molar-refractivity contribution is 0.0981. The van der Waals surface area contributed by atoms with E-state index in [1.54, 1.807) is 23.2 Å². The van der Waals surface area contributed by atoms with E-state index < -0.39 is 0 Å². The van der Waals surface area contributed by atoms with Gasteiger partial charge in [0, 0.05) is 25.0 Å². The number of thioether (sulfide) groups is 1. The number of fused-ring (bicyclic) bond motifs is 3. The van der Waals surface area contributed by atoms with Crippen LogP contribution in [0.15, 0.2) is 42.6 Å². The number of hydrogen-bond donors (Lipinski definition) is 0. The molecular weight excluding hydrogens is 348 g/mol. The third-order valence-corrected chi connectivity index (χ3v) is 5.97. The maximum Gasteiger partial charge on any atom is 0.266 e. The number of nitrogens with zero attached hydrogens (tertiary/aromatic N) is 4. The summed E-state index contributed by atoms with van der Waals surface area (Å²) < 4.78 is 8.12. The number of amides is 1. The van der Waals surface area contributed by atoms with Crippen molar-refractivity contribution < 1.29 is 9.53 Å². The van der Waals surface area contributed by atoms with Gasteiger partial charge in [-0.05, 0) is 36.4 Å². The fourth-order valence-electron chi connectivity index (χ4n) is 3.54. The minimum Gasteiger partial charge on any atom is -0.473 e. The van der Waals surface area contributed by atoms with Crippen LogP contribution in [-0.2, 0) is 6.54 Å². The number of carbonyl (C=O) groups excluding carboxylic acids is 1. The monoisotopic (exact) mass is 366 g/mol. The lowest BCUT2D eigenvalue weighted by Crippen LogP contribution is -2.30. The Balaban J connectivity index is 1.48. The molecule has 4 heterocycles. The van der Waals surface area contributed by atoms with Gasteiger partial charge in [0.2, 0.25) is 11.8 Å². The zero-order valence-electron chi connectivity index (χ0n) is 14.2. The summed E-state index contributed by atoms with van der Waals surface area (Å²) in [4.78, 5) is 23.9. The van der Waals surface area contributed by atoms with E-state index in [1.807, 2.05) is 36.0 Å². The van der Waals surface area contributed by atoms with Gasteiger partial charge in [0.05, 0.1) is 11.0 Å².